The summed E-state index contributed by atoms with van der Waals surface area (Å²) in [4.78, 5) is 25.9. The average molecular weight is 1040 g/mol. The van der Waals surface area contributed by atoms with Gasteiger partial charge in [0.15, 0.2) is 18.7 Å². The number of hydrogen-bond donors (Lipinski definition) is 7. The second kappa shape index (κ2) is 44.1. The van der Waals surface area contributed by atoms with Crippen LogP contribution in [0.3, 0.4) is 0 Å². The van der Waals surface area contributed by atoms with E-state index in [1.165, 1.54) is 64.2 Å². The predicted molar refractivity (Wildman–Crippen MR) is 284 cm³/mol. The summed E-state index contributed by atoms with van der Waals surface area (Å²) in [6.07, 6.45) is 36.3. The Labute approximate surface area is 438 Å². The van der Waals surface area contributed by atoms with E-state index < -0.39 is 99.3 Å². The molecule has 2 heterocycles. The highest BCUT2D eigenvalue weighted by Crippen LogP contribution is 2.26. The van der Waals surface area contributed by atoms with Crippen LogP contribution in [0.15, 0.2) is 72.9 Å². The van der Waals surface area contributed by atoms with E-state index in [4.69, 9.17) is 28.4 Å². The largest absolute Gasteiger partial charge is 0.462 e. The van der Waals surface area contributed by atoms with Crippen LogP contribution in [0.4, 0.5) is 0 Å². The zero-order valence-corrected chi connectivity index (χ0v) is 44.6. The van der Waals surface area contributed by atoms with Crippen molar-refractivity contribution in [1.29, 1.82) is 0 Å². The highest BCUT2D eigenvalue weighted by Gasteiger charge is 2.47. The molecule has 0 saturated carbocycles. The third-order valence-corrected chi connectivity index (χ3v) is 12.9. The first kappa shape index (κ1) is 66.1. The molecule has 0 bridgehead atoms. The summed E-state index contributed by atoms with van der Waals surface area (Å²) in [5.41, 5.74) is 0. The molecule has 15 heteroatoms. The Bertz CT molecular complexity index is 1540. The molecule has 2 rings (SSSR count). The fourth-order valence-electron chi connectivity index (χ4n) is 8.36. The van der Waals surface area contributed by atoms with Crippen molar-refractivity contribution >= 4 is 11.9 Å². The Morgan fingerprint density at radius 1 is 0.452 bits per heavy atom. The Kier molecular flexibility index (Phi) is 39.9. The van der Waals surface area contributed by atoms with Gasteiger partial charge in [-0.05, 0) is 83.5 Å². The summed E-state index contributed by atoms with van der Waals surface area (Å²) in [6, 6.07) is 0. The highest BCUT2D eigenvalue weighted by molar-refractivity contribution is 5.70. The molecule has 0 aromatic carbocycles. The SMILES string of the molecule is CC/C=C\C/C=C\C/C=C\C/C=C\C/C=C\CCCCCC(=O)OC(COC(=O)CCCCCCCCC/C=C\CCCCCCCCC)COC1OC(COC2OC(CO)C(O)C(O)C2O)C(O)C(O)C1O. The van der Waals surface area contributed by atoms with E-state index in [-0.39, 0.29) is 19.4 Å². The van der Waals surface area contributed by atoms with Crippen LogP contribution in [0, 0.1) is 0 Å². The van der Waals surface area contributed by atoms with Gasteiger partial charge >= 0.3 is 11.9 Å². The van der Waals surface area contributed by atoms with Gasteiger partial charge in [-0.25, -0.2) is 0 Å². The Hall–Kier alpha value is -3.06. The molecule has 0 aromatic rings. The van der Waals surface area contributed by atoms with Crippen LogP contribution in [0.2, 0.25) is 0 Å². The molecule has 2 aliphatic rings. The average Bonchev–Trinajstić information content (AvgIpc) is 3.38. The fraction of sp³-hybridized carbons (Fsp3) is 0.759. The van der Waals surface area contributed by atoms with E-state index in [1.54, 1.807) is 0 Å². The van der Waals surface area contributed by atoms with Gasteiger partial charge in [0.05, 0.1) is 19.8 Å². The van der Waals surface area contributed by atoms with E-state index >= 15 is 0 Å². The molecule has 0 aliphatic carbocycles. The number of rotatable bonds is 43. The quantitative estimate of drug-likeness (QED) is 0.0172. The van der Waals surface area contributed by atoms with Gasteiger partial charge in [-0.3, -0.25) is 9.59 Å². The number of ether oxygens (including phenoxy) is 6. The molecule has 0 aromatic heterocycles. The first-order chi connectivity index (χ1) is 35.5. The summed E-state index contributed by atoms with van der Waals surface area (Å²) in [5.74, 6) is -0.970. The number of allylic oxidation sites excluding steroid dienone is 12. The lowest BCUT2D eigenvalue weighted by Crippen LogP contribution is -2.61. The van der Waals surface area contributed by atoms with Crippen molar-refractivity contribution in [3.05, 3.63) is 72.9 Å². The summed E-state index contributed by atoms with van der Waals surface area (Å²) < 4.78 is 33.6. The van der Waals surface area contributed by atoms with E-state index in [0.29, 0.717) is 12.8 Å². The van der Waals surface area contributed by atoms with Crippen LogP contribution in [-0.4, -0.2) is 142 Å². The molecule has 11 unspecified atom stereocenters. The number of carbonyl (C=O) groups is 2. The number of aliphatic hydroxyl groups excluding tert-OH is 7. The van der Waals surface area contributed by atoms with Crippen molar-refractivity contribution in [3.63, 3.8) is 0 Å². The van der Waals surface area contributed by atoms with Crippen molar-refractivity contribution < 1.29 is 73.8 Å². The molecule has 7 N–H and O–H groups in total. The van der Waals surface area contributed by atoms with Crippen LogP contribution in [-0.2, 0) is 38.0 Å². The maximum atomic E-state index is 13.0. The molecule has 0 radical (unpaired) electrons. The topological polar surface area (TPSA) is 231 Å². The van der Waals surface area contributed by atoms with Crippen molar-refractivity contribution in [1.82, 2.24) is 0 Å². The molecular weight excluding hydrogens is 937 g/mol. The summed E-state index contributed by atoms with van der Waals surface area (Å²) in [6.45, 7) is 2.44. The van der Waals surface area contributed by atoms with Gasteiger partial charge in [0.1, 0.15) is 55.4 Å². The first-order valence-corrected chi connectivity index (χ1v) is 28.0. The van der Waals surface area contributed by atoms with Crippen LogP contribution in [0.25, 0.3) is 0 Å². The van der Waals surface area contributed by atoms with E-state index in [9.17, 15) is 45.3 Å². The third-order valence-electron chi connectivity index (χ3n) is 12.9. The lowest BCUT2D eigenvalue weighted by molar-refractivity contribution is -0.332. The number of hydrogen-bond acceptors (Lipinski definition) is 15. The molecule has 0 spiro atoms. The van der Waals surface area contributed by atoms with Gasteiger partial charge in [-0.2, -0.15) is 0 Å². The first-order valence-electron chi connectivity index (χ1n) is 28.0. The van der Waals surface area contributed by atoms with Crippen molar-refractivity contribution in [2.24, 2.45) is 0 Å². The number of carbonyl (C=O) groups excluding carboxylic acids is 2. The van der Waals surface area contributed by atoms with Gasteiger partial charge in [0, 0.05) is 12.8 Å². The third kappa shape index (κ3) is 31.6. The van der Waals surface area contributed by atoms with Crippen LogP contribution in [0.1, 0.15) is 187 Å². The minimum atomic E-state index is -1.78. The van der Waals surface area contributed by atoms with Gasteiger partial charge in [0.25, 0.3) is 0 Å². The molecule has 2 fully saturated rings. The normalized spacial score (nSPS) is 25.4. The van der Waals surface area contributed by atoms with Gasteiger partial charge in [-0.15, -0.1) is 0 Å². The van der Waals surface area contributed by atoms with Crippen LogP contribution in [0.5, 0.6) is 0 Å². The highest BCUT2D eigenvalue weighted by atomic mass is 16.7. The molecule has 2 saturated heterocycles. The maximum absolute atomic E-state index is 13.0. The van der Waals surface area contributed by atoms with Gasteiger partial charge in [0.2, 0.25) is 0 Å². The monoisotopic (exact) mass is 1030 g/mol. The second-order valence-electron chi connectivity index (χ2n) is 19.4. The van der Waals surface area contributed by atoms with E-state index in [0.717, 1.165) is 83.5 Å². The summed E-state index contributed by atoms with van der Waals surface area (Å²) >= 11 is 0. The van der Waals surface area contributed by atoms with E-state index in [2.05, 4.69) is 86.8 Å². The minimum absolute atomic E-state index is 0.122. The van der Waals surface area contributed by atoms with E-state index in [1.807, 2.05) is 0 Å². The summed E-state index contributed by atoms with van der Waals surface area (Å²) in [7, 11) is 0. The molecule has 2 aliphatic heterocycles. The Balaban J connectivity index is 1.80. The minimum Gasteiger partial charge on any atom is -0.462 e. The lowest BCUT2D eigenvalue weighted by atomic mass is 9.98. The molecule has 11 atom stereocenters. The molecule has 420 valence electrons. The second-order valence-corrected chi connectivity index (χ2v) is 19.4. The number of esters is 2. The molecule has 15 nitrogen and oxygen atoms in total. The van der Waals surface area contributed by atoms with Crippen molar-refractivity contribution in [3.8, 4) is 0 Å². The molecule has 73 heavy (non-hydrogen) atoms. The fourth-order valence-corrected chi connectivity index (χ4v) is 8.36. The Morgan fingerprint density at radius 3 is 1.38 bits per heavy atom. The van der Waals surface area contributed by atoms with Crippen LogP contribution >= 0.6 is 0 Å². The van der Waals surface area contributed by atoms with Crippen molar-refractivity contribution in [2.75, 3.05) is 26.4 Å². The predicted octanol–water partition coefficient (Wildman–Crippen LogP) is 8.99. The lowest BCUT2D eigenvalue weighted by Gasteiger charge is -2.42. The smallest absolute Gasteiger partial charge is 0.306 e. The maximum Gasteiger partial charge on any atom is 0.306 e. The number of aliphatic hydroxyl groups is 7. The molecular formula is C58H98O15. The van der Waals surface area contributed by atoms with Gasteiger partial charge in [-0.1, -0.05) is 164 Å². The van der Waals surface area contributed by atoms with Crippen molar-refractivity contribution in [2.45, 2.75) is 255 Å². The summed E-state index contributed by atoms with van der Waals surface area (Å²) in [5, 5.41) is 72.2. The van der Waals surface area contributed by atoms with Crippen LogP contribution < -0.4 is 0 Å². The van der Waals surface area contributed by atoms with Gasteiger partial charge < -0.3 is 64.2 Å². The standard InChI is InChI=1S/C58H98O15/c1-3-5-7-9-11-13-15-17-19-21-23-25-27-29-31-33-35-37-39-41-50(61)71-46(43-68-49(60)40-38-36-34-32-30-28-26-24-22-20-18-16-14-12-10-8-6-4-2)44-69-57-56(67)54(65)52(63)48(73-57)45-70-58-55(66)53(64)51(62)47(42-59)72-58/h5,7,11,13,17,19-20,22-23,25,29,31,46-48,51-59,62-67H,3-4,6,8-10,12,14-16,18,21,24,26-28,30,32-45H2,1-2H3/b7-5-,13-11-,19-17-,22-20-,25-23-,31-29-. The Morgan fingerprint density at radius 2 is 0.863 bits per heavy atom. The number of unbranched alkanes of at least 4 members (excludes halogenated alkanes) is 17. The zero-order valence-electron chi connectivity index (χ0n) is 44.6. The zero-order chi connectivity index (χ0) is 53.2. The molecule has 0 amide bonds.